The van der Waals surface area contributed by atoms with Crippen LogP contribution in [0.25, 0.3) is 0 Å². The van der Waals surface area contributed by atoms with Crippen LogP contribution < -0.4 is 0 Å². The molecule has 0 saturated heterocycles. The number of nitrogens with zero attached hydrogens (tertiary/aromatic N) is 2. The largest absolute Gasteiger partial charge is 0.366 e. The minimum atomic E-state index is -0.756. The van der Waals surface area contributed by atoms with Gasteiger partial charge in [0.25, 0.3) is 11.8 Å². The lowest BCUT2D eigenvalue weighted by molar-refractivity contribution is -0.0587. The van der Waals surface area contributed by atoms with Gasteiger partial charge in [-0.2, -0.15) is 0 Å². The van der Waals surface area contributed by atoms with Crippen LogP contribution in [0, 0.1) is 0 Å². The summed E-state index contributed by atoms with van der Waals surface area (Å²) in [5.41, 5.74) is 0.732. The number of carbonyl (C=O) groups is 3. The number of aromatic nitrogens is 1. The van der Waals surface area contributed by atoms with E-state index in [9.17, 15) is 14.4 Å². The maximum absolute atomic E-state index is 12.6. The predicted molar refractivity (Wildman–Crippen MR) is 94.7 cm³/mol. The van der Waals surface area contributed by atoms with Crippen molar-refractivity contribution in [1.29, 1.82) is 0 Å². The highest BCUT2D eigenvalue weighted by Crippen LogP contribution is 2.35. The zero-order chi connectivity index (χ0) is 18.1. The zero-order valence-electron chi connectivity index (χ0n) is 13.9. The number of hydrogen-bond acceptors (Lipinski definition) is 6. The molecule has 4 rings (SSSR count). The Labute approximate surface area is 154 Å². The molecule has 26 heavy (non-hydrogen) atoms. The molecule has 0 radical (unpaired) electrons. The van der Waals surface area contributed by atoms with Gasteiger partial charge in [0.2, 0.25) is 0 Å². The van der Waals surface area contributed by atoms with Gasteiger partial charge in [-0.25, -0.2) is 9.78 Å². The van der Waals surface area contributed by atoms with Crippen LogP contribution in [0.15, 0.2) is 47.6 Å². The highest BCUT2D eigenvalue weighted by Gasteiger charge is 2.39. The van der Waals surface area contributed by atoms with Crippen molar-refractivity contribution in [1.82, 2.24) is 10.0 Å². The number of rotatable bonds is 4. The molecule has 1 aromatic heterocycles. The van der Waals surface area contributed by atoms with Gasteiger partial charge in [0.05, 0.1) is 16.7 Å². The summed E-state index contributed by atoms with van der Waals surface area (Å²) in [6, 6.07) is 9.63. The third kappa shape index (κ3) is 2.99. The van der Waals surface area contributed by atoms with E-state index in [4.69, 9.17) is 4.84 Å². The summed E-state index contributed by atoms with van der Waals surface area (Å²) in [6.45, 7) is 0. The van der Waals surface area contributed by atoms with Gasteiger partial charge < -0.3 is 4.84 Å². The number of hydrogen-bond donors (Lipinski definition) is 0. The van der Waals surface area contributed by atoms with Crippen molar-refractivity contribution in [3.63, 3.8) is 0 Å². The molecule has 7 heteroatoms. The first kappa shape index (κ1) is 16.8. The van der Waals surface area contributed by atoms with Crippen LogP contribution >= 0.6 is 11.8 Å². The minimum absolute atomic E-state index is 0.233. The van der Waals surface area contributed by atoms with Gasteiger partial charge in [0.15, 0.2) is 0 Å². The summed E-state index contributed by atoms with van der Waals surface area (Å²) in [7, 11) is 0. The Morgan fingerprint density at radius 3 is 2.35 bits per heavy atom. The van der Waals surface area contributed by atoms with E-state index in [0.29, 0.717) is 15.3 Å². The zero-order valence-corrected chi connectivity index (χ0v) is 14.7. The fourth-order valence-electron chi connectivity index (χ4n) is 3.19. The Kier molecular flexibility index (Phi) is 4.46. The first-order valence-corrected chi connectivity index (χ1v) is 9.35. The standard InChI is InChI=1S/C19H16N2O4S/c22-17-13-8-3-4-9-14(13)18(23)21(17)25-19(24)15-10-5-11-20-16(15)26-12-6-1-2-7-12/h3-5,8-12H,1-2,6-7H2. The van der Waals surface area contributed by atoms with Gasteiger partial charge in [-0.3, -0.25) is 9.59 Å². The highest BCUT2D eigenvalue weighted by molar-refractivity contribution is 7.99. The lowest BCUT2D eigenvalue weighted by Crippen LogP contribution is -2.32. The van der Waals surface area contributed by atoms with Crippen molar-refractivity contribution in [2.45, 2.75) is 36.0 Å². The van der Waals surface area contributed by atoms with E-state index >= 15 is 0 Å². The average Bonchev–Trinajstić information content (AvgIpc) is 3.25. The highest BCUT2D eigenvalue weighted by atomic mass is 32.2. The second-order valence-corrected chi connectivity index (χ2v) is 7.50. The smallest absolute Gasteiger partial charge is 0.324 e. The minimum Gasteiger partial charge on any atom is -0.324 e. The van der Waals surface area contributed by atoms with Crippen molar-refractivity contribution in [3.8, 4) is 0 Å². The van der Waals surface area contributed by atoms with Gasteiger partial charge in [0, 0.05) is 11.4 Å². The second kappa shape index (κ2) is 6.92. The van der Waals surface area contributed by atoms with Crippen molar-refractivity contribution in [2.24, 2.45) is 0 Å². The molecule has 6 nitrogen and oxygen atoms in total. The van der Waals surface area contributed by atoms with Gasteiger partial charge in [0.1, 0.15) is 5.03 Å². The van der Waals surface area contributed by atoms with Crippen LogP contribution in [0.3, 0.4) is 0 Å². The quantitative estimate of drug-likeness (QED) is 0.769. The number of benzene rings is 1. The molecule has 1 fully saturated rings. The molecular formula is C19H16N2O4S. The Hall–Kier alpha value is -2.67. The molecule has 0 bridgehead atoms. The Morgan fingerprint density at radius 1 is 1.04 bits per heavy atom. The molecule has 1 saturated carbocycles. The summed E-state index contributed by atoms with van der Waals surface area (Å²) in [6.07, 6.45) is 6.16. The van der Waals surface area contributed by atoms with Crippen molar-refractivity contribution >= 4 is 29.5 Å². The first-order valence-electron chi connectivity index (χ1n) is 8.47. The van der Waals surface area contributed by atoms with E-state index < -0.39 is 17.8 Å². The predicted octanol–water partition coefficient (Wildman–Crippen LogP) is 3.48. The van der Waals surface area contributed by atoms with E-state index in [1.807, 2.05) is 0 Å². The molecule has 2 aliphatic rings. The van der Waals surface area contributed by atoms with Crippen LogP contribution in [0.4, 0.5) is 0 Å². The Morgan fingerprint density at radius 2 is 1.69 bits per heavy atom. The number of carbonyl (C=O) groups excluding carboxylic acids is 3. The topological polar surface area (TPSA) is 76.6 Å². The molecule has 0 N–H and O–H groups in total. The van der Waals surface area contributed by atoms with Crippen molar-refractivity contribution < 1.29 is 19.2 Å². The summed E-state index contributed by atoms with van der Waals surface area (Å²) in [4.78, 5) is 46.7. The molecule has 0 atom stereocenters. The number of thioether (sulfide) groups is 1. The van der Waals surface area contributed by atoms with Crippen LogP contribution in [-0.4, -0.2) is 33.1 Å². The van der Waals surface area contributed by atoms with Crippen LogP contribution in [-0.2, 0) is 4.84 Å². The van der Waals surface area contributed by atoms with E-state index in [2.05, 4.69) is 4.98 Å². The number of fused-ring (bicyclic) bond motifs is 1. The molecule has 2 amide bonds. The maximum atomic E-state index is 12.6. The maximum Gasteiger partial charge on any atom is 0.366 e. The van der Waals surface area contributed by atoms with E-state index in [0.717, 1.165) is 12.8 Å². The van der Waals surface area contributed by atoms with Crippen molar-refractivity contribution in [2.75, 3.05) is 0 Å². The summed E-state index contributed by atoms with van der Waals surface area (Å²) < 4.78 is 0. The Balaban J connectivity index is 1.54. The van der Waals surface area contributed by atoms with E-state index in [-0.39, 0.29) is 16.7 Å². The molecule has 1 aromatic carbocycles. The number of amides is 2. The SMILES string of the molecule is O=C(ON1C(=O)c2ccccc2C1=O)c1cccnc1SC1CCCC1. The first-order chi connectivity index (χ1) is 12.6. The van der Waals surface area contributed by atoms with Crippen LogP contribution in [0.5, 0.6) is 0 Å². The summed E-state index contributed by atoms with van der Waals surface area (Å²) >= 11 is 1.55. The van der Waals surface area contributed by atoms with E-state index in [1.165, 1.54) is 25.0 Å². The normalized spacial score (nSPS) is 16.8. The fourth-order valence-corrected chi connectivity index (χ4v) is 4.47. The fraction of sp³-hybridized carbons (Fsp3) is 0.263. The van der Waals surface area contributed by atoms with Gasteiger partial charge in [-0.15, -0.1) is 11.8 Å². The van der Waals surface area contributed by atoms with Crippen LogP contribution in [0.2, 0.25) is 0 Å². The third-order valence-electron chi connectivity index (χ3n) is 4.50. The molecular weight excluding hydrogens is 352 g/mol. The van der Waals surface area contributed by atoms with Gasteiger partial charge in [-0.1, -0.05) is 30.0 Å². The number of hydroxylamine groups is 2. The van der Waals surface area contributed by atoms with E-state index in [1.54, 1.807) is 42.2 Å². The molecule has 1 aliphatic heterocycles. The second-order valence-electron chi connectivity index (χ2n) is 6.21. The summed E-state index contributed by atoms with van der Waals surface area (Å²) in [5.74, 6) is -2.02. The molecule has 132 valence electrons. The Bertz CT molecular complexity index is 858. The lowest BCUT2D eigenvalue weighted by Gasteiger charge is -2.15. The van der Waals surface area contributed by atoms with Gasteiger partial charge in [-0.05, 0) is 37.1 Å². The van der Waals surface area contributed by atoms with Gasteiger partial charge >= 0.3 is 5.97 Å². The third-order valence-corrected chi connectivity index (χ3v) is 5.86. The molecule has 0 spiro atoms. The lowest BCUT2D eigenvalue weighted by atomic mass is 10.1. The monoisotopic (exact) mass is 368 g/mol. The number of pyridine rings is 1. The molecule has 2 aromatic rings. The van der Waals surface area contributed by atoms with Crippen molar-refractivity contribution in [3.05, 3.63) is 59.3 Å². The van der Waals surface area contributed by atoms with Crippen LogP contribution in [0.1, 0.15) is 56.8 Å². The summed E-state index contributed by atoms with van der Waals surface area (Å²) in [5, 5.41) is 1.53. The average molecular weight is 368 g/mol. The molecule has 1 aliphatic carbocycles. The molecule has 0 unspecified atom stereocenters. The molecule has 2 heterocycles. The number of imide groups is 1.